The van der Waals surface area contributed by atoms with Crippen LogP contribution in [0.25, 0.3) is 0 Å². The highest BCUT2D eigenvalue weighted by Gasteiger charge is 2.29. The lowest BCUT2D eigenvalue weighted by Crippen LogP contribution is -2.42. The number of nitrogens with zero attached hydrogens (tertiary/aromatic N) is 2. The topological polar surface area (TPSA) is 61.2 Å². The van der Waals surface area contributed by atoms with Gasteiger partial charge in [0.2, 0.25) is 0 Å². The zero-order valence-corrected chi connectivity index (χ0v) is 14.2. The maximum atomic E-state index is 12.7. The van der Waals surface area contributed by atoms with Gasteiger partial charge in [0.1, 0.15) is 0 Å². The van der Waals surface area contributed by atoms with E-state index in [4.69, 9.17) is 5.26 Å². The van der Waals surface area contributed by atoms with Crippen molar-refractivity contribution in [1.82, 2.24) is 4.90 Å². The van der Waals surface area contributed by atoms with E-state index in [9.17, 15) is 9.59 Å². The second-order valence-electron chi connectivity index (χ2n) is 6.51. The summed E-state index contributed by atoms with van der Waals surface area (Å²) in [5.74, 6) is -0.179. The van der Waals surface area contributed by atoms with Gasteiger partial charge in [0, 0.05) is 30.1 Å². The first-order chi connectivity index (χ1) is 12.1. The van der Waals surface area contributed by atoms with Crippen molar-refractivity contribution < 1.29 is 9.59 Å². The van der Waals surface area contributed by atoms with Crippen LogP contribution in [-0.2, 0) is 0 Å². The number of carbonyl (C=O) groups is 2. The Labute approximate surface area is 147 Å². The van der Waals surface area contributed by atoms with Crippen LogP contribution >= 0.6 is 0 Å². The second kappa shape index (κ2) is 7.31. The van der Waals surface area contributed by atoms with Crippen molar-refractivity contribution in [3.8, 4) is 6.07 Å². The Bertz CT molecular complexity index is 834. The third-order valence-electron chi connectivity index (χ3n) is 4.65. The van der Waals surface area contributed by atoms with Crippen LogP contribution in [0.5, 0.6) is 0 Å². The fourth-order valence-electron chi connectivity index (χ4n) is 3.23. The average molecular weight is 332 g/mol. The lowest BCUT2D eigenvalue weighted by atomic mass is 9.89. The normalized spacial score (nSPS) is 17.0. The fraction of sp³-hybridized carbons (Fsp3) is 0.286. The molecule has 1 unspecified atom stereocenters. The SMILES string of the molecule is Cc1ccc(C(=O)C2CCCN(C(=O)c3cccc(C#N)c3)C2)cc1. The number of aryl methyl sites for hydroxylation is 1. The van der Waals surface area contributed by atoms with Crippen molar-refractivity contribution in [3.05, 3.63) is 70.8 Å². The molecule has 4 nitrogen and oxygen atoms in total. The highest BCUT2D eigenvalue weighted by molar-refractivity contribution is 5.99. The number of amides is 1. The maximum absolute atomic E-state index is 12.7. The molecule has 2 aromatic rings. The van der Waals surface area contributed by atoms with Crippen molar-refractivity contribution in [2.24, 2.45) is 5.92 Å². The molecule has 1 saturated heterocycles. The van der Waals surface area contributed by atoms with Crippen molar-refractivity contribution in [3.63, 3.8) is 0 Å². The highest BCUT2D eigenvalue weighted by Crippen LogP contribution is 2.23. The minimum atomic E-state index is -0.167. The number of hydrogen-bond donors (Lipinski definition) is 0. The van der Waals surface area contributed by atoms with Crippen LogP contribution in [0.3, 0.4) is 0 Å². The summed E-state index contributed by atoms with van der Waals surface area (Å²) in [6.45, 7) is 3.07. The number of benzene rings is 2. The molecule has 126 valence electrons. The minimum absolute atomic E-state index is 0.100. The highest BCUT2D eigenvalue weighted by atomic mass is 16.2. The van der Waals surface area contributed by atoms with Gasteiger partial charge in [-0.2, -0.15) is 5.26 Å². The first-order valence-electron chi connectivity index (χ1n) is 8.49. The first-order valence-corrected chi connectivity index (χ1v) is 8.49. The van der Waals surface area contributed by atoms with Gasteiger partial charge in [-0.1, -0.05) is 35.9 Å². The van der Waals surface area contributed by atoms with Crippen LogP contribution in [0.4, 0.5) is 0 Å². The van der Waals surface area contributed by atoms with Gasteiger partial charge in [-0.15, -0.1) is 0 Å². The Morgan fingerprint density at radius 1 is 1.12 bits per heavy atom. The molecule has 1 heterocycles. The Hall–Kier alpha value is -2.93. The summed E-state index contributed by atoms with van der Waals surface area (Å²) in [5.41, 5.74) is 2.79. The molecule has 0 bridgehead atoms. The van der Waals surface area contributed by atoms with Crippen LogP contribution in [0.1, 0.15) is 44.7 Å². The number of rotatable bonds is 3. The van der Waals surface area contributed by atoms with E-state index < -0.39 is 0 Å². The molecule has 1 amide bonds. The van der Waals surface area contributed by atoms with Gasteiger partial charge in [-0.05, 0) is 38.0 Å². The zero-order chi connectivity index (χ0) is 17.8. The van der Waals surface area contributed by atoms with Crippen molar-refractivity contribution in [2.75, 3.05) is 13.1 Å². The number of Topliss-reactive ketones (excluding diaryl/α,β-unsaturated/α-hetero) is 1. The summed E-state index contributed by atoms with van der Waals surface area (Å²) in [6.07, 6.45) is 1.61. The van der Waals surface area contributed by atoms with Gasteiger partial charge in [-0.3, -0.25) is 9.59 Å². The lowest BCUT2D eigenvalue weighted by molar-refractivity contribution is 0.0637. The summed E-state index contributed by atoms with van der Waals surface area (Å²) >= 11 is 0. The standard InChI is InChI=1S/C21H20N2O2/c1-15-7-9-17(10-8-15)20(24)19-6-3-11-23(14-19)21(25)18-5-2-4-16(12-18)13-22/h2,4-5,7-10,12,19H,3,6,11,14H2,1H3. The van der Waals surface area contributed by atoms with Gasteiger partial charge < -0.3 is 4.90 Å². The number of hydrogen-bond acceptors (Lipinski definition) is 3. The molecular formula is C21H20N2O2. The number of nitriles is 1. The van der Waals surface area contributed by atoms with Gasteiger partial charge in [0.05, 0.1) is 11.6 Å². The Kier molecular flexibility index (Phi) is 4.95. The molecular weight excluding hydrogens is 312 g/mol. The van der Waals surface area contributed by atoms with E-state index in [0.29, 0.717) is 29.8 Å². The van der Waals surface area contributed by atoms with Gasteiger partial charge >= 0.3 is 0 Å². The Balaban J connectivity index is 1.74. The van der Waals surface area contributed by atoms with E-state index in [0.717, 1.165) is 18.4 Å². The molecule has 0 radical (unpaired) electrons. The van der Waals surface area contributed by atoms with Crippen molar-refractivity contribution >= 4 is 11.7 Å². The third-order valence-corrected chi connectivity index (χ3v) is 4.65. The van der Waals surface area contributed by atoms with Crippen LogP contribution in [0.15, 0.2) is 48.5 Å². The molecule has 25 heavy (non-hydrogen) atoms. The predicted molar refractivity (Wildman–Crippen MR) is 95.3 cm³/mol. The third kappa shape index (κ3) is 3.77. The summed E-state index contributed by atoms with van der Waals surface area (Å²) in [6, 6.07) is 16.4. The zero-order valence-electron chi connectivity index (χ0n) is 14.2. The van der Waals surface area contributed by atoms with Crippen molar-refractivity contribution in [2.45, 2.75) is 19.8 Å². The molecule has 1 atom stereocenters. The number of piperidine rings is 1. The van der Waals surface area contributed by atoms with E-state index >= 15 is 0 Å². The number of ketones is 1. The summed E-state index contributed by atoms with van der Waals surface area (Å²) in [7, 11) is 0. The quantitative estimate of drug-likeness (QED) is 0.807. The molecule has 1 aliphatic heterocycles. The maximum Gasteiger partial charge on any atom is 0.253 e. The largest absolute Gasteiger partial charge is 0.338 e. The smallest absolute Gasteiger partial charge is 0.253 e. The molecule has 0 aromatic heterocycles. The van der Waals surface area contributed by atoms with E-state index in [1.54, 1.807) is 29.2 Å². The first kappa shape index (κ1) is 16.9. The molecule has 0 N–H and O–H groups in total. The summed E-state index contributed by atoms with van der Waals surface area (Å²) in [5, 5.41) is 8.99. The predicted octanol–water partition coefficient (Wildman–Crippen LogP) is 3.60. The molecule has 4 heteroatoms. The Morgan fingerprint density at radius 2 is 1.88 bits per heavy atom. The monoisotopic (exact) mass is 332 g/mol. The van der Waals surface area contributed by atoms with E-state index in [-0.39, 0.29) is 17.6 Å². The van der Waals surface area contributed by atoms with E-state index in [1.165, 1.54) is 0 Å². The van der Waals surface area contributed by atoms with Gasteiger partial charge in [0.15, 0.2) is 5.78 Å². The Morgan fingerprint density at radius 3 is 2.60 bits per heavy atom. The average Bonchev–Trinajstić information content (AvgIpc) is 2.67. The molecule has 3 rings (SSSR count). The van der Waals surface area contributed by atoms with Gasteiger partial charge in [-0.25, -0.2) is 0 Å². The second-order valence-corrected chi connectivity index (χ2v) is 6.51. The minimum Gasteiger partial charge on any atom is -0.338 e. The van der Waals surface area contributed by atoms with Crippen LogP contribution in [0, 0.1) is 24.2 Å². The van der Waals surface area contributed by atoms with E-state index in [1.807, 2.05) is 31.2 Å². The number of likely N-dealkylation sites (tertiary alicyclic amines) is 1. The van der Waals surface area contributed by atoms with Crippen LogP contribution in [-0.4, -0.2) is 29.7 Å². The number of carbonyl (C=O) groups excluding carboxylic acids is 2. The lowest BCUT2D eigenvalue weighted by Gasteiger charge is -2.32. The van der Waals surface area contributed by atoms with Gasteiger partial charge in [0.25, 0.3) is 5.91 Å². The van der Waals surface area contributed by atoms with Crippen LogP contribution in [0.2, 0.25) is 0 Å². The summed E-state index contributed by atoms with van der Waals surface area (Å²) in [4.78, 5) is 27.2. The van der Waals surface area contributed by atoms with E-state index in [2.05, 4.69) is 6.07 Å². The fourth-order valence-corrected chi connectivity index (χ4v) is 3.23. The molecule has 2 aromatic carbocycles. The molecule has 0 spiro atoms. The van der Waals surface area contributed by atoms with Crippen LogP contribution < -0.4 is 0 Å². The molecule has 0 saturated carbocycles. The molecule has 0 aliphatic carbocycles. The molecule has 1 fully saturated rings. The molecule has 1 aliphatic rings. The van der Waals surface area contributed by atoms with Crippen molar-refractivity contribution in [1.29, 1.82) is 5.26 Å². The summed E-state index contributed by atoms with van der Waals surface area (Å²) < 4.78 is 0.